The number of aryl methyl sites for hydroxylation is 1. The number of allylic oxidation sites excluding steroid dienone is 1. The van der Waals surface area contributed by atoms with Crippen molar-refractivity contribution < 1.29 is 0 Å². The molecule has 3 heteroatoms. The third kappa shape index (κ3) is 1.38. The second kappa shape index (κ2) is 3.35. The number of nitrogens with zero attached hydrogens (tertiary/aromatic N) is 3. The molecular formula is C11H9N3. The van der Waals surface area contributed by atoms with E-state index in [2.05, 4.69) is 5.10 Å². The molecule has 0 aliphatic carbocycles. The minimum atomic E-state index is 1.02. The van der Waals surface area contributed by atoms with Crippen LogP contribution in [0.25, 0.3) is 17.0 Å². The second-order valence-electron chi connectivity index (χ2n) is 3.05. The molecule has 0 unspecified atom stereocenters. The van der Waals surface area contributed by atoms with Gasteiger partial charge in [-0.05, 0) is 17.7 Å². The van der Waals surface area contributed by atoms with Gasteiger partial charge >= 0.3 is 0 Å². The van der Waals surface area contributed by atoms with Crippen molar-refractivity contribution in [3.05, 3.63) is 36.0 Å². The molecule has 0 aliphatic heterocycles. The van der Waals surface area contributed by atoms with Crippen molar-refractivity contribution in [2.24, 2.45) is 7.05 Å². The first-order valence-corrected chi connectivity index (χ1v) is 4.29. The highest BCUT2D eigenvalue weighted by Gasteiger charge is 1.98. The molecule has 0 N–H and O–H groups in total. The van der Waals surface area contributed by atoms with E-state index in [0.29, 0.717) is 0 Å². The molecule has 1 aromatic heterocycles. The maximum absolute atomic E-state index is 8.40. The van der Waals surface area contributed by atoms with Crippen LogP contribution >= 0.6 is 0 Å². The van der Waals surface area contributed by atoms with Crippen LogP contribution < -0.4 is 0 Å². The molecule has 0 amide bonds. The SMILES string of the molecule is Cn1ncc2ccc(C=CC#N)cc21. The Morgan fingerprint density at radius 3 is 3.14 bits per heavy atom. The lowest BCUT2D eigenvalue weighted by Gasteiger charge is -1.95. The van der Waals surface area contributed by atoms with E-state index in [1.165, 1.54) is 6.08 Å². The third-order valence-corrected chi connectivity index (χ3v) is 2.12. The number of benzene rings is 1. The minimum absolute atomic E-state index is 1.02. The molecule has 2 rings (SSSR count). The standard InChI is InChI=1S/C11H9N3/c1-14-11-7-9(3-2-6-12)4-5-10(11)8-13-14/h2-5,7-8H,1H3. The van der Waals surface area contributed by atoms with Gasteiger partial charge in [-0.2, -0.15) is 10.4 Å². The molecule has 68 valence electrons. The molecule has 14 heavy (non-hydrogen) atoms. The van der Waals surface area contributed by atoms with Gasteiger partial charge in [0, 0.05) is 18.5 Å². The molecule has 2 aromatic rings. The summed E-state index contributed by atoms with van der Waals surface area (Å²) in [5.74, 6) is 0. The van der Waals surface area contributed by atoms with Crippen LogP contribution in [0, 0.1) is 11.3 Å². The van der Waals surface area contributed by atoms with Gasteiger partial charge < -0.3 is 0 Å². The molecule has 0 bridgehead atoms. The summed E-state index contributed by atoms with van der Waals surface area (Å²) >= 11 is 0. The maximum Gasteiger partial charge on any atom is 0.0912 e. The zero-order valence-corrected chi connectivity index (χ0v) is 7.81. The van der Waals surface area contributed by atoms with Crippen molar-refractivity contribution in [2.75, 3.05) is 0 Å². The van der Waals surface area contributed by atoms with Crippen molar-refractivity contribution in [2.45, 2.75) is 0 Å². The van der Waals surface area contributed by atoms with Crippen molar-refractivity contribution in [3.8, 4) is 6.07 Å². The lowest BCUT2D eigenvalue weighted by molar-refractivity contribution is 0.797. The quantitative estimate of drug-likeness (QED) is 0.635. The number of hydrogen-bond donors (Lipinski definition) is 0. The summed E-state index contributed by atoms with van der Waals surface area (Å²) in [7, 11) is 1.90. The highest BCUT2D eigenvalue weighted by atomic mass is 15.2. The Morgan fingerprint density at radius 1 is 1.50 bits per heavy atom. The van der Waals surface area contributed by atoms with E-state index in [1.807, 2.05) is 42.2 Å². The Balaban J connectivity index is 2.56. The highest BCUT2D eigenvalue weighted by Crippen LogP contribution is 2.15. The molecule has 0 fully saturated rings. The summed E-state index contributed by atoms with van der Waals surface area (Å²) in [6.07, 6.45) is 5.08. The molecule has 3 nitrogen and oxygen atoms in total. The average Bonchev–Trinajstić information content (AvgIpc) is 2.57. The second-order valence-corrected chi connectivity index (χ2v) is 3.05. The van der Waals surface area contributed by atoms with Crippen LogP contribution in [-0.2, 0) is 7.05 Å². The molecule has 0 spiro atoms. The topological polar surface area (TPSA) is 41.6 Å². The first-order chi connectivity index (χ1) is 6.81. The Labute approximate surface area is 81.9 Å². The fraction of sp³-hybridized carbons (Fsp3) is 0.0909. The third-order valence-electron chi connectivity index (χ3n) is 2.12. The molecular weight excluding hydrogens is 174 g/mol. The summed E-state index contributed by atoms with van der Waals surface area (Å²) in [4.78, 5) is 0. The molecule has 1 heterocycles. The number of rotatable bonds is 1. The normalized spacial score (nSPS) is 10.9. The average molecular weight is 183 g/mol. The van der Waals surface area contributed by atoms with Crippen molar-refractivity contribution in [1.29, 1.82) is 5.26 Å². The predicted octanol–water partition coefficient (Wildman–Crippen LogP) is 2.11. The van der Waals surface area contributed by atoms with Crippen molar-refractivity contribution in [3.63, 3.8) is 0 Å². The molecule has 1 aromatic carbocycles. The summed E-state index contributed by atoms with van der Waals surface area (Å²) in [6, 6.07) is 7.95. The highest BCUT2D eigenvalue weighted by molar-refractivity contribution is 5.81. The van der Waals surface area contributed by atoms with Gasteiger partial charge in [-0.15, -0.1) is 0 Å². The maximum atomic E-state index is 8.40. The van der Waals surface area contributed by atoms with Gasteiger partial charge in [0.05, 0.1) is 17.8 Å². The first-order valence-electron chi connectivity index (χ1n) is 4.29. The van der Waals surface area contributed by atoms with Crippen LogP contribution in [-0.4, -0.2) is 9.78 Å². The minimum Gasteiger partial charge on any atom is -0.268 e. The molecule has 0 saturated heterocycles. The lowest BCUT2D eigenvalue weighted by atomic mass is 10.1. The van der Waals surface area contributed by atoms with Crippen LogP contribution in [0.5, 0.6) is 0 Å². The van der Waals surface area contributed by atoms with Crippen LogP contribution in [0.4, 0.5) is 0 Å². The van der Waals surface area contributed by atoms with Crippen molar-refractivity contribution >= 4 is 17.0 Å². The van der Waals surface area contributed by atoms with E-state index in [1.54, 1.807) is 6.08 Å². The largest absolute Gasteiger partial charge is 0.268 e. The van der Waals surface area contributed by atoms with E-state index >= 15 is 0 Å². The van der Waals surface area contributed by atoms with Crippen LogP contribution in [0.3, 0.4) is 0 Å². The van der Waals surface area contributed by atoms with Crippen molar-refractivity contribution in [1.82, 2.24) is 9.78 Å². The molecule has 0 radical (unpaired) electrons. The smallest absolute Gasteiger partial charge is 0.0912 e. The summed E-state index contributed by atoms with van der Waals surface area (Å²) in [5.41, 5.74) is 2.09. The Kier molecular flexibility index (Phi) is 2.04. The van der Waals surface area contributed by atoms with Crippen LogP contribution in [0.2, 0.25) is 0 Å². The summed E-state index contributed by atoms with van der Waals surface area (Å²) < 4.78 is 1.82. The van der Waals surface area contributed by atoms with Gasteiger partial charge in [0.15, 0.2) is 0 Å². The van der Waals surface area contributed by atoms with E-state index in [4.69, 9.17) is 5.26 Å². The summed E-state index contributed by atoms with van der Waals surface area (Å²) in [6.45, 7) is 0. The zero-order chi connectivity index (χ0) is 9.97. The van der Waals surface area contributed by atoms with E-state index in [-0.39, 0.29) is 0 Å². The lowest BCUT2D eigenvalue weighted by Crippen LogP contribution is -1.88. The number of fused-ring (bicyclic) bond motifs is 1. The van der Waals surface area contributed by atoms with Gasteiger partial charge in [-0.1, -0.05) is 12.1 Å². The fourth-order valence-corrected chi connectivity index (χ4v) is 1.40. The number of nitriles is 1. The Bertz CT molecular complexity index is 529. The Morgan fingerprint density at radius 2 is 2.36 bits per heavy atom. The predicted molar refractivity (Wildman–Crippen MR) is 55.4 cm³/mol. The van der Waals surface area contributed by atoms with E-state index in [9.17, 15) is 0 Å². The van der Waals surface area contributed by atoms with Gasteiger partial charge in [-0.25, -0.2) is 0 Å². The van der Waals surface area contributed by atoms with Gasteiger partial charge in [0.2, 0.25) is 0 Å². The van der Waals surface area contributed by atoms with Gasteiger partial charge in [-0.3, -0.25) is 4.68 Å². The first kappa shape index (κ1) is 8.52. The van der Waals surface area contributed by atoms with Crippen LogP contribution in [0.1, 0.15) is 5.56 Å². The molecule has 0 aliphatic rings. The number of aromatic nitrogens is 2. The zero-order valence-electron chi connectivity index (χ0n) is 7.81. The summed E-state index contributed by atoms with van der Waals surface area (Å²) in [5, 5.41) is 13.7. The molecule has 0 atom stereocenters. The number of hydrogen-bond acceptors (Lipinski definition) is 2. The van der Waals surface area contributed by atoms with Gasteiger partial charge in [0.25, 0.3) is 0 Å². The van der Waals surface area contributed by atoms with E-state index in [0.717, 1.165) is 16.5 Å². The molecule has 0 saturated carbocycles. The fourth-order valence-electron chi connectivity index (χ4n) is 1.40. The van der Waals surface area contributed by atoms with Gasteiger partial charge in [0.1, 0.15) is 0 Å². The van der Waals surface area contributed by atoms with E-state index < -0.39 is 0 Å². The Hall–Kier alpha value is -2.08. The van der Waals surface area contributed by atoms with Crippen LogP contribution in [0.15, 0.2) is 30.5 Å². The monoisotopic (exact) mass is 183 g/mol.